The standard InChI is InChI=1S/C16H27NO/c1-6-8-17-16(7-2)14(5)18-15-10-12(3)9-13(4)11-15/h9-11,14,16-17H,6-8H2,1-5H3. The molecule has 0 saturated heterocycles. The van der Waals surface area contributed by atoms with Crippen LogP contribution in [0.3, 0.4) is 0 Å². The van der Waals surface area contributed by atoms with Crippen molar-refractivity contribution in [1.29, 1.82) is 0 Å². The summed E-state index contributed by atoms with van der Waals surface area (Å²) in [6.07, 6.45) is 2.45. The maximum atomic E-state index is 6.06. The zero-order chi connectivity index (χ0) is 13.5. The third kappa shape index (κ3) is 4.69. The fourth-order valence-electron chi connectivity index (χ4n) is 2.27. The topological polar surface area (TPSA) is 21.3 Å². The largest absolute Gasteiger partial charge is 0.489 e. The molecule has 0 heterocycles. The van der Waals surface area contributed by atoms with E-state index in [1.54, 1.807) is 0 Å². The Labute approximate surface area is 112 Å². The van der Waals surface area contributed by atoms with Gasteiger partial charge in [0.15, 0.2) is 0 Å². The van der Waals surface area contributed by atoms with Crippen LogP contribution in [0.2, 0.25) is 0 Å². The molecule has 1 aromatic rings. The Bertz CT molecular complexity index is 342. The lowest BCUT2D eigenvalue weighted by molar-refractivity contribution is 0.167. The highest BCUT2D eigenvalue weighted by Gasteiger charge is 2.16. The molecule has 1 rings (SSSR count). The molecule has 2 nitrogen and oxygen atoms in total. The van der Waals surface area contributed by atoms with E-state index >= 15 is 0 Å². The van der Waals surface area contributed by atoms with Gasteiger partial charge in [-0.25, -0.2) is 0 Å². The highest BCUT2D eigenvalue weighted by Crippen LogP contribution is 2.19. The Morgan fingerprint density at radius 3 is 2.22 bits per heavy atom. The van der Waals surface area contributed by atoms with E-state index in [0.29, 0.717) is 6.04 Å². The van der Waals surface area contributed by atoms with Gasteiger partial charge in [0, 0.05) is 6.04 Å². The van der Waals surface area contributed by atoms with E-state index in [-0.39, 0.29) is 6.10 Å². The molecule has 0 saturated carbocycles. The first-order chi connectivity index (χ1) is 8.56. The molecule has 0 aliphatic rings. The molecule has 2 heteroatoms. The van der Waals surface area contributed by atoms with Crippen molar-refractivity contribution in [1.82, 2.24) is 5.32 Å². The summed E-state index contributed by atoms with van der Waals surface area (Å²) in [5.41, 5.74) is 2.51. The van der Waals surface area contributed by atoms with Crippen LogP contribution in [0.25, 0.3) is 0 Å². The molecule has 0 amide bonds. The van der Waals surface area contributed by atoms with Crippen molar-refractivity contribution in [3.05, 3.63) is 29.3 Å². The molecule has 102 valence electrons. The predicted octanol–water partition coefficient (Wildman–Crippen LogP) is 3.85. The number of benzene rings is 1. The Balaban J connectivity index is 2.63. The SMILES string of the molecule is CCCNC(CC)C(C)Oc1cc(C)cc(C)c1. The van der Waals surface area contributed by atoms with E-state index < -0.39 is 0 Å². The maximum Gasteiger partial charge on any atom is 0.120 e. The van der Waals surface area contributed by atoms with Gasteiger partial charge in [-0.1, -0.05) is 19.9 Å². The molecule has 2 atom stereocenters. The summed E-state index contributed by atoms with van der Waals surface area (Å²) in [6.45, 7) is 11.8. The highest BCUT2D eigenvalue weighted by atomic mass is 16.5. The lowest BCUT2D eigenvalue weighted by Crippen LogP contribution is -2.41. The van der Waals surface area contributed by atoms with Gasteiger partial charge in [0.05, 0.1) is 0 Å². The molecule has 0 spiro atoms. The van der Waals surface area contributed by atoms with E-state index in [1.807, 2.05) is 0 Å². The third-order valence-electron chi connectivity index (χ3n) is 3.18. The van der Waals surface area contributed by atoms with Crippen LogP contribution >= 0.6 is 0 Å². The Morgan fingerprint density at radius 2 is 1.72 bits per heavy atom. The average molecular weight is 249 g/mol. The van der Waals surface area contributed by atoms with E-state index in [9.17, 15) is 0 Å². The molecule has 18 heavy (non-hydrogen) atoms. The summed E-state index contributed by atoms with van der Waals surface area (Å²) in [5.74, 6) is 0.983. The molecule has 0 aliphatic heterocycles. The van der Waals surface area contributed by atoms with Crippen LogP contribution in [0.15, 0.2) is 18.2 Å². The van der Waals surface area contributed by atoms with Crippen LogP contribution < -0.4 is 10.1 Å². The summed E-state index contributed by atoms with van der Waals surface area (Å²) < 4.78 is 6.06. The molecule has 0 aliphatic carbocycles. The smallest absolute Gasteiger partial charge is 0.120 e. The lowest BCUT2D eigenvalue weighted by atomic mass is 10.1. The van der Waals surface area contributed by atoms with E-state index in [0.717, 1.165) is 25.1 Å². The fraction of sp³-hybridized carbons (Fsp3) is 0.625. The zero-order valence-electron chi connectivity index (χ0n) is 12.4. The normalized spacial score (nSPS) is 14.3. The van der Waals surface area contributed by atoms with Gasteiger partial charge in [-0.05, 0) is 63.4 Å². The van der Waals surface area contributed by atoms with Gasteiger partial charge < -0.3 is 10.1 Å². The van der Waals surface area contributed by atoms with Crippen molar-refractivity contribution in [3.8, 4) is 5.75 Å². The average Bonchev–Trinajstić information content (AvgIpc) is 2.28. The molecular weight excluding hydrogens is 222 g/mol. The number of rotatable bonds is 7. The van der Waals surface area contributed by atoms with Gasteiger partial charge in [-0.15, -0.1) is 0 Å². The summed E-state index contributed by atoms with van der Waals surface area (Å²) in [7, 11) is 0. The van der Waals surface area contributed by atoms with E-state index in [4.69, 9.17) is 4.74 Å². The van der Waals surface area contributed by atoms with E-state index in [1.165, 1.54) is 11.1 Å². The van der Waals surface area contributed by atoms with E-state index in [2.05, 4.69) is 58.1 Å². The summed E-state index contributed by atoms with van der Waals surface area (Å²) in [5, 5.41) is 3.54. The molecule has 0 fully saturated rings. The number of hydrogen-bond acceptors (Lipinski definition) is 2. The number of nitrogens with one attached hydrogen (secondary N) is 1. The molecule has 1 aromatic carbocycles. The first kappa shape index (κ1) is 15.0. The minimum atomic E-state index is 0.197. The van der Waals surface area contributed by atoms with Crippen LogP contribution in [0.4, 0.5) is 0 Å². The number of hydrogen-bond donors (Lipinski definition) is 1. The quantitative estimate of drug-likeness (QED) is 0.792. The molecule has 2 unspecified atom stereocenters. The minimum Gasteiger partial charge on any atom is -0.489 e. The van der Waals surface area contributed by atoms with Crippen molar-refractivity contribution in [2.75, 3.05) is 6.54 Å². The summed E-state index contributed by atoms with van der Waals surface area (Å²) >= 11 is 0. The van der Waals surface area contributed by atoms with Crippen LogP contribution in [0.5, 0.6) is 5.75 Å². The van der Waals surface area contributed by atoms with Crippen LogP contribution in [0, 0.1) is 13.8 Å². The number of ether oxygens (including phenoxy) is 1. The van der Waals surface area contributed by atoms with Gasteiger partial charge in [0.25, 0.3) is 0 Å². The van der Waals surface area contributed by atoms with Crippen LogP contribution in [0.1, 0.15) is 44.7 Å². The minimum absolute atomic E-state index is 0.197. The first-order valence-electron chi connectivity index (χ1n) is 7.05. The molecule has 1 N–H and O–H groups in total. The predicted molar refractivity (Wildman–Crippen MR) is 78.4 cm³/mol. The van der Waals surface area contributed by atoms with Gasteiger partial charge in [0.2, 0.25) is 0 Å². The van der Waals surface area contributed by atoms with Crippen LogP contribution in [-0.2, 0) is 0 Å². The second-order valence-corrected chi connectivity index (χ2v) is 5.12. The highest BCUT2D eigenvalue weighted by molar-refractivity contribution is 5.33. The fourth-order valence-corrected chi connectivity index (χ4v) is 2.27. The van der Waals surface area contributed by atoms with Crippen molar-refractivity contribution in [2.45, 2.75) is 59.6 Å². The lowest BCUT2D eigenvalue weighted by Gasteiger charge is -2.25. The molecule has 0 radical (unpaired) electrons. The Kier molecular flexibility index (Phi) is 6.20. The third-order valence-corrected chi connectivity index (χ3v) is 3.18. The van der Waals surface area contributed by atoms with Gasteiger partial charge in [-0.2, -0.15) is 0 Å². The number of aryl methyl sites for hydroxylation is 2. The van der Waals surface area contributed by atoms with Crippen molar-refractivity contribution in [3.63, 3.8) is 0 Å². The first-order valence-corrected chi connectivity index (χ1v) is 7.05. The molecular formula is C16H27NO. The monoisotopic (exact) mass is 249 g/mol. The van der Waals surface area contributed by atoms with Crippen LogP contribution in [-0.4, -0.2) is 18.7 Å². The van der Waals surface area contributed by atoms with Crippen molar-refractivity contribution < 1.29 is 4.74 Å². The van der Waals surface area contributed by atoms with Crippen molar-refractivity contribution >= 4 is 0 Å². The van der Waals surface area contributed by atoms with Gasteiger partial charge >= 0.3 is 0 Å². The summed E-state index contributed by atoms with van der Waals surface area (Å²) in [4.78, 5) is 0. The second-order valence-electron chi connectivity index (χ2n) is 5.12. The zero-order valence-corrected chi connectivity index (χ0v) is 12.4. The van der Waals surface area contributed by atoms with Crippen molar-refractivity contribution in [2.24, 2.45) is 0 Å². The Morgan fingerprint density at radius 1 is 1.11 bits per heavy atom. The molecule has 0 aromatic heterocycles. The summed E-state index contributed by atoms with van der Waals surface area (Å²) in [6, 6.07) is 6.81. The maximum absolute atomic E-state index is 6.06. The van der Waals surface area contributed by atoms with Gasteiger partial charge in [0.1, 0.15) is 11.9 Å². The van der Waals surface area contributed by atoms with Gasteiger partial charge in [-0.3, -0.25) is 0 Å². The second kappa shape index (κ2) is 7.42. The Hall–Kier alpha value is -1.02. The molecule has 0 bridgehead atoms.